The minimum atomic E-state index is -0.523. The minimum Gasteiger partial charge on any atom is -0.497 e. The molecule has 2 aromatic carbocycles. The Hall–Kier alpha value is -3.98. The van der Waals surface area contributed by atoms with E-state index in [1.165, 1.54) is 0 Å². The van der Waals surface area contributed by atoms with Crippen LogP contribution in [0.2, 0.25) is 0 Å². The molecule has 1 unspecified atom stereocenters. The molecule has 0 aliphatic carbocycles. The number of aliphatic hydroxyl groups excluding tert-OH is 1. The number of rotatable bonds is 7. The van der Waals surface area contributed by atoms with Crippen molar-refractivity contribution in [3.05, 3.63) is 94.4 Å². The fourth-order valence-corrected chi connectivity index (χ4v) is 3.08. The van der Waals surface area contributed by atoms with Crippen LogP contribution in [0.5, 0.6) is 5.75 Å². The summed E-state index contributed by atoms with van der Waals surface area (Å²) in [4.78, 5) is 23.5. The van der Waals surface area contributed by atoms with Crippen LogP contribution in [0.4, 0.5) is 5.69 Å². The van der Waals surface area contributed by atoms with Gasteiger partial charge in [-0.3, -0.25) is 4.98 Å². The van der Waals surface area contributed by atoms with E-state index >= 15 is 0 Å². The molecular weight excluding hydrogens is 384 g/mol. The van der Waals surface area contributed by atoms with Crippen LogP contribution in [0.15, 0.2) is 71.8 Å². The van der Waals surface area contributed by atoms with Crippen LogP contribution >= 0.6 is 0 Å². The number of para-hydroxylation sites is 1. The molecule has 0 radical (unpaired) electrons. The molecule has 0 bridgehead atoms. The van der Waals surface area contributed by atoms with Gasteiger partial charge < -0.3 is 15.2 Å². The number of aliphatic hydroxyl groups is 1. The zero-order valence-corrected chi connectivity index (χ0v) is 16.2. The van der Waals surface area contributed by atoms with Crippen molar-refractivity contribution in [1.29, 1.82) is 0 Å². The number of hydrogen-bond acceptors (Lipinski definition) is 7. The largest absolute Gasteiger partial charge is 0.497 e. The number of anilines is 1. The second kappa shape index (κ2) is 8.58. The molecule has 0 fully saturated rings. The Morgan fingerprint density at radius 1 is 1.13 bits per heavy atom. The third-order valence-corrected chi connectivity index (χ3v) is 4.48. The van der Waals surface area contributed by atoms with Gasteiger partial charge in [0.1, 0.15) is 11.8 Å². The summed E-state index contributed by atoms with van der Waals surface area (Å²) in [7, 11) is 1.56. The Morgan fingerprint density at radius 3 is 2.60 bits per heavy atom. The van der Waals surface area contributed by atoms with Crippen LogP contribution in [-0.2, 0) is 6.61 Å². The number of ether oxygens (including phenoxy) is 1. The second-order valence-corrected chi connectivity index (χ2v) is 6.49. The number of benzene rings is 2. The quantitative estimate of drug-likeness (QED) is 0.431. The molecule has 30 heavy (non-hydrogen) atoms. The maximum absolute atomic E-state index is 12.5. The van der Waals surface area contributed by atoms with Gasteiger partial charge in [0.15, 0.2) is 5.82 Å². The molecule has 2 aromatic heterocycles. The van der Waals surface area contributed by atoms with Crippen molar-refractivity contribution in [3.63, 3.8) is 0 Å². The molecule has 4 aromatic rings. The molecule has 0 spiro atoms. The van der Waals surface area contributed by atoms with E-state index in [1.807, 2.05) is 42.5 Å². The SMILES string of the molecule is COc1cc(CO)cc(C(Nc2ccccc2)c2nn(-c3ncccn3)c(=O)[nH]2)c1. The summed E-state index contributed by atoms with van der Waals surface area (Å²) in [5.41, 5.74) is 1.82. The molecule has 152 valence electrons. The van der Waals surface area contributed by atoms with E-state index in [4.69, 9.17) is 4.74 Å². The number of aromatic amines is 1. The third-order valence-electron chi connectivity index (χ3n) is 4.48. The number of hydrogen-bond donors (Lipinski definition) is 3. The molecule has 3 N–H and O–H groups in total. The molecular formula is C21H20N6O3. The van der Waals surface area contributed by atoms with Crippen molar-refractivity contribution in [2.45, 2.75) is 12.6 Å². The topological polar surface area (TPSA) is 118 Å². The highest BCUT2D eigenvalue weighted by Gasteiger charge is 2.22. The van der Waals surface area contributed by atoms with E-state index in [0.717, 1.165) is 15.9 Å². The van der Waals surface area contributed by atoms with Crippen LogP contribution in [-0.4, -0.2) is 36.9 Å². The maximum atomic E-state index is 12.5. The fraction of sp³-hybridized carbons (Fsp3) is 0.143. The molecule has 4 rings (SSSR count). The van der Waals surface area contributed by atoms with E-state index in [9.17, 15) is 9.90 Å². The van der Waals surface area contributed by atoms with Gasteiger partial charge in [0.05, 0.1) is 13.7 Å². The average Bonchev–Trinajstić information content (AvgIpc) is 3.19. The normalized spacial score (nSPS) is 11.8. The first kappa shape index (κ1) is 19.3. The minimum absolute atomic E-state index is 0.148. The smallest absolute Gasteiger partial charge is 0.350 e. The predicted octanol–water partition coefficient (Wildman–Crippen LogP) is 2.05. The van der Waals surface area contributed by atoms with E-state index in [-0.39, 0.29) is 12.6 Å². The Bertz CT molecular complexity index is 1150. The van der Waals surface area contributed by atoms with E-state index in [0.29, 0.717) is 17.1 Å². The van der Waals surface area contributed by atoms with Gasteiger partial charge >= 0.3 is 5.69 Å². The first-order chi connectivity index (χ1) is 14.7. The molecule has 0 aliphatic heterocycles. The van der Waals surface area contributed by atoms with Crippen LogP contribution in [0, 0.1) is 0 Å². The first-order valence-electron chi connectivity index (χ1n) is 9.25. The fourth-order valence-electron chi connectivity index (χ4n) is 3.08. The third kappa shape index (κ3) is 4.06. The van der Waals surface area contributed by atoms with Crippen molar-refractivity contribution in [1.82, 2.24) is 24.7 Å². The van der Waals surface area contributed by atoms with E-state index in [2.05, 4.69) is 25.4 Å². The summed E-state index contributed by atoms with van der Waals surface area (Å²) < 4.78 is 6.49. The second-order valence-electron chi connectivity index (χ2n) is 6.49. The summed E-state index contributed by atoms with van der Waals surface area (Å²) in [5, 5.41) is 17.5. The molecule has 0 amide bonds. The lowest BCUT2D eigenvalue weighted by Gasteiger charge is -2.19. The lowest BCUT2D eigenvalue weighted by atomic mass is 10.0. The van der Waals surface area contributed by atoms with Crippen LogP contribution in [0.1, 0.15) is 23.0 Å². The van der Waals surface area contributed by atoms with Crippen LogP contribution in [0.25, 0.3) is 5.95 Å². The van der Waals surface area contributed by atoms with Gasteiger partial charge in [0, 0.05) is 18.1 Å². The monoisotopic (exact) mass is 404 g/mol. The van der Waals surface area contributed by atoms with Crippen molar-refractivity contribution in [2.75, 3.05) is 12.4 Å². The summed E-state index contributed by atoms with van der Waals surface area (Å²) in [5.74, 6) is 1.13. The molecule has 0 saturated heterocycles. The van der Waals surface area contributed by atoms with Crippen molar-refractivity contribution in [2.24, 2.45) is 0 Å². The molecule has 1 atom stereocenters. The first-order valence-corrected chi connectivity index (χ1v) is 9.25. The standard InChI is InChI=1S/C21H20N6O3/c1-30-17-11-14(13-28)10-15(12-17)18(24-16-6-3-2-4-7-16)19-25-21(29)27(26-19)20-22-8-5-9-23-20/h2-12,18,24,28H,13H2,1H3,(H,25,26,29). The highest BCUT2D eigenvalue weighted by atomic mass is 16.5. The van der Waals surface area contributed by atoms with Crippen molar-refractivity contribution < 1.29 is 9.84 Å². The summed E-state index contributed by atoms with van der Waals surface area (Å²) in [6.07, 6.45) is 3.08. The lowest BCUT2D eigenvalue weighted by molar-refractivity contribution is 0.281. The Kier molecular flexibility index (Phi) is 5.53. The lowest BCUT2D eigenvalue weighted by Crippen LogP contribution is -2.18. The molecule has 9 heteroatoms. The summed E-state index contributed by atoms with van der Waals surface area (Å²) in [6, 6.07) is 16.1. The Labute approximate surface area is 172 Å². The van der Waals surface area contributed by atoms with Gasteiger partial charge in [-0.25, -0.2) is 14.8 Å². The average molecular weight is 404 g/mol. The Morgan fingerprint density at radius 2 is 1.90 bits per heavy atom. The molecule has 0 aliphatic rings. The van der Waals surface area contributed by atoms with E-state index in [1.54, 1.807) is 31.6 Å². The van der Waals surface area contributed by atoms with Crippen molar-refractivity contribution in [3.8, 4) is 11.7 Å². The van der Waals surface area contributed by atoms with Crippen LogP contribution < -0.4 is 15.7 Å². The summed E-state index contributed by atoms with van der Waals surface area (Å²) in [6.45, 7) is -0.148. The van der Waals surface area contributed by atoms with Gasteiger partial charge in [0.2, 0.25) is 0 Å². The zero-order valence-electron chi connectivity index (χ0n) is 16.2. The molecule has 2 heterocycles. The van der Waals surface area contributed by atoms with Gasteiger partial charge in [-0.15, -0.1) is 9.78 Å². The highest BCUT2D eigenvalue weighted by molar-refractivity contribution is 5.49. The van der Waals surface area contributed by atoms with E-state index < -0.39 is 11.7 Å². The van der Waals surface area contributed by atoms with Crippen molar-refractivity contribution >= 4 is 5.69 Å². The van der Waals surface area contributed by atoms with Crippen LogP contribution in [0.3, 0.4) is 0 Å². The van der Waals surface area contributed by atoms with Gasteiger partial charge in [-0.05, 0) is 41.5 Å². The Balaban J connectivity index is 1.82. The number of aromatic nitrogens is 5. The number of nitrogens with zero attached hydrogens (tertiary/aromatic N) is 4. The summed E-state index contributed by atoms with van der Waals surface area (Å²) >= 11 is 0. The van der Waals surface area contributed by atoms with Gasteiger partial charge in [-0.1, -0.05) is 24.3 Å². The highest BCUT2D eigenvalue weighted by Crippen LogP contribution is 2.28. The van der Waals surface area contributed by atoms with Gasteiger partial charge in [0.25, 0.3) is 5.95 Å². The number of nitrogens with one attached hydrogen (secondary N) is 2. The number of H-pyrrole nitrogens is 1. The molecule has 0 saturated carbocycles. The predicted molar refractivity (Wildman–Crippen MR) is 111 cm³/mol. The maximum Gasteiger partial charge on any atom is 0.350 e. The zero-order chi connectivity index (χ0) is 20.9. The van der Waals surface area contributed by atoms with Gasteiger partial charge in [-0.2, -0.15) is 0 Å². The number of methoxy groups -OCH3 is 1. The molecule has 9 nitrogen and oxygen atoms in total.